The summed E-state index contributed by atoms with van der Waals surface area (Å²) < 4.78 is 10.8. The Morgan fingerprint density at radius 1 is 1.20 bits per heavy atom. The van der Waals surface area contributed by atoms with Crippen LogP contribution in [0.2, 0.25) is 0 Å². The summed E-state index contributed by atoms with van der Waals surface area (Å²) in [6.45, 7) is 10.8. The van der Waals surface area contributed by atoms with Gasteiger partial charge in [-0.05, 0) is 36.5 Å². The number of rotatable bonds is 8. The number of guanidine groups is 1. The van der Waals surface area contributed by atoms with E-state index >= 15 is 0 Å². The fourth-order valence-electron chi connectivity index (χ4n) is 2.37. The molecular weight excluding hydrogens is 429 g/mol. The third-order valence-electron chi connectivity index (χ3n) is 3.85. The molecule has 0 aliphatic carbocycles. The van der Waals surface area contributed by atoms with E-state index in [4.69, 9.17) is 9.47 Å². The number of ether oxygens (including phenoxy) is 2. The maximum absolute atomic E-state index is 5.57. The molecule has 1 unspecified atom stereocenters. The van der Waals surface area contributed by atoms with Gasteiger partial charge in [-0.25, -0.2) is 0 Å². The quantitative estimate of drug-likeness (QED) is 0.352. The molecule has 0 saturated carbocycles. The smallest absolute Gasteiger partial charge is 0.191 e. The molecule has 1 atom stereocenters. The summed E-state index contributed by atoms with van der Waals surface area (Å²) in [5, 5.41) is 6.66. The van der Waals surface area contributed by atoms with Gasteiger partial charge in [0.15, 0.2) is 5.96 Å². The first-order chi connectivity index (χ1) is 11.4. The van der Waals surface area contributed by atoms with Crippen LogP contribution in [0.3, 0.4) is 0 Å². The van der Waals surface area contributed by atoms with Crippen molar-refractivity contribution < 1.29 is 9.47 Å². The first kappa shape index (κ1) is 24.0. The van der Waals surface area contributed by atoms with E-state index in [0.717, 1.165) is 31.2 Å². The van der Waals surface area contributed by atoms with E-state index in [2.05, 4.69) is 55.5 Å². The fraction of sp³-hybridized carbons (Fsp3) is 0.632. The highest BCUT2D eigenvalue weighted by Crippen LogP contribution is 2.21. The van der Waals surface area contributed by atoms with Gasteiger partial charge in [-0.1, -0.05) is 32.9 Å². The molecule has 25 heavy (non-hydrogen) atoms. The number of nitrogens with one attached hydrogen (secondary N) is 2. The second kappa shape index (κ2) is 12.4. The van der Waals surface area contributed by atoms with Crippen LogP contribution in [0, 0.1) is 5.41 Å². The lowest BCUT2D eigenvalue weighted by molar-refractivity contribution is 0.0241. The van der Waals surface area contributed by atoms with E-state index < -0.39 is 0 Å². The zero-order valence-corrected chi connectivity index (χ0v) is 18.7. The largest absolute Gasteiger partial charge is 0.497 e. The van der Waals surface area contributed by atoms with E-state index in [1.165, 1.54) is 5.56 Å². The van der Waals surface area contributed by atoms with Crippen molar-refractivity contribution in [3.05, 3.63) is 29.8 Å². The van der Waals surface area contributed by atoms with E-state index in [9.17, 15) is 0 Å². The van der Waals surface area contributed by atoms with Crippen LogP contribution >= 0.6 is 24.0 Å². The molecular formula is C19H34IN3O2. The molecule has 0 saturated heterocycles. The van der Waals surface area contributed by atoms with Crippen molar-refractivity contribution in [2.24, 2.45) is 10.4 Å². The molecule has 0 aliphatic rings. The number of nitrogens with zero attached hydrogens (tertiary/aromatic N) is 1. The van der Waals surface area contributed by atoms with Crippen molar-refractivity contribution >= 4 is 29.9 Å². The predicted octanol–water partition coefficient (Wildman–Crippen LogP) is 3.47. The summed E-state index contributed by atoms with van der Waals surface area (Å²) in [5.74, 6) is 1.72. The van der Waals surface area contributed by atoms with Gasteiger partial charge in [0.05, 0.1) is 19.8 Å². The van der Waals surface area contributed by atoms with Gasteiger partial charge in [0.25, 0.3) is 0 Å². The Bertz CT molecular complexity index is 516. The van der Waals surface area contributed by atoms with Gasteiger partial charge in [-0.3, -0.25) is 4.99 Å². The van der Waals surface area contributed by atoms with E-state index in [0.29, 0.717) is 6.54 Å². The van der Waals surface area contributed by atoms with Crippen molar-refractivity contribution in [2.45, 2.75) is 40.2 Å². The Kier molecular flexibility index (Phi) is 11.8. The number of hydrogen-bond acceptors (Lipinski definition) is 3. The van der Waals surface area contributed by atoms with Gasteiger partial charge >= 0.3 is 0 Å². The predicted molar refractivity (Wildman–Crippen MR) is 116 cm³/mol. The highest BCUT2D eigenvalue weighted by Gasteiger charge is 2.24. The SMILES string of the molecule is CCNC(=NCC(OC)C(C)(C)C)NCCc1cccc(OC)c1.I. The highest BCUT2D eigenvalue weighted by atomic mass is 127. The molecule has 2 N–H and O–H groups in total. The van der Waals surface area contributed by atoms with Crippen LogP contribution < -0.4 is 15.4 Å². The van der Waals surface area contributed by atoms with Gasteiger partial charge in [-0.2, -0.15) is 0 Å². The topological polar surface area (TPSA) is 54.9 Å². The molecule has 1 aromatic carbocycles. The molecule has 0 aliphatic heterocycles. The zero-order valence-electron chi connectivity index (χ0n) is 16.4. The van der Waals surface area contributed by atoms with Crippen molar-refractivity contribution in [3.8, 4) is 5.75 Å². The minimum atomic E-state index is 0. The van der Waals surface area contributed by atoms with E-state index in [1.54, 1.807) is 14.2 Å². The normalized spacial score (nSPS) is 13.0. The molecule has 1 aromatic rings. The average molecular weight is 463 g/mol. The summed E-state index contributed by atoms with van der Waals surface area (Å²) in [6, 6.07) is 8.14. The molecule has 0 aromatic heterocycles. The second-order valence-electron chi connectivity index (χ2n) is 6.84. The summed E-state index contributed by atoms with van der Waals surface area (Å²) in [6.07, 6.45) is 1.00. The lowest BCUT2D eigenvalue weighted by Crippen LogP contribution is -2.40. The molecule has 0 amide bonds. The molecule has 0 spiro atoms. The van der Waals surface area contributed by atoms with Crippen LogP contribution in [0.15, 0.2) is 29.3 Å². The number of hydrogen-bond donors (Lipinski definition) is 2. The van der Waals surface area contributed by atoms with Gasteiger partial charge in [-0.15, -0.1) is 24.0 Å². The third-order valence-corrected chi connectivity index (χ3v) is 3.85. The van der Waals surface area contributed by atoms with Gasteiger partial charge in [0, 0.05) is 20.2 Å². The summed E-state index contributed by atoms with van der Waals surface area (Å²) in [7, 11) is 3.43. The molecule has 0 heterocycles. The summed E-state index contributed by atoms with van der Waals surface area (Å²) in [4.78, 5) is 4.66. The molecule has 144 valence electrons. The van der Waals surface area contributed by atoms with Crippen LogP contribution in [0.25, 0.3) is 0 Å². The van der Waals surface area contributed by atoms with E-state index in [-0.39, 0.29) is 35.5 Å². The Hall–Kier alpha value is -1.02. The van der Waals surface area contributed by atoms with Crippen LogP contribution in [0.1, 0.15) is 33.3 Å². The van der Waals surface area contributed by atoms with Crippen molar-refractivity contribution in [2.75, 3.05) is 33.9 Å². The maximum Gasteiger partial charge on any atom is 0.191 e. The standard InChI is InChI=1S/C19H33N3O2.HI/c1-7-20-18(22-14-17(24-6)19(2,3)4)21-12-11-15-9-8-10-16(13-15)23-5;/h8-10,13,17H,7,11-12,14H2,1-6H3,(H2,20,21,22);1H. The molecule has 6 heteroatoms. The Labute approximate surface area is 170 Å². The third kappa shape index (κ3) is 9.30. The number of benzene rings is 1. The summed E-state index contributed by atoms with van der Waals surface area (Å²) in [5.41, 5.74) is 1.30. The number of aliphatic imine (C=N–C) groups is 1. The number of halogens is 1. The van der Waals surface area contributed by atoms with Crippen molar-refractivity contribution in [1.29, 1.82) is 0 Å². The Morgan fingerprint density at radius 2 is 1.92 bits per heavy atom. The van der Waals surface area contributed by atoms with Crippen LogP contribution in [0.4, 0.5) is 0 Å². The lowest BCUT2D eigenvalue weighted by Gasteiger charge is -2.28. The number of methoxy groups -OCH3 is 2. The lowest BCUT2D eigenvalue weighted by atomic mass is 9.89. The first-order valence-electron chi connectivity index (χ1n) is 8.58. The first-order valence-corrected chi connectivity index (χ1v) is 8.58. The second-order valence-corrected chi connectivity index (χ2v) is 6.84. The van der Waals surface area contributed by atoms with Gasteiger partial charge in [0.2, 0.25) is 0 Å². The van der Waals surface area contributed by atoms with Gasteiger partial charge < -0.3 is 20.1 Å². The highest BCUT2D eigenvalue weighted by molar-refractivity contribution is 14.0. The molecule has 0 fully saturated rings. The average Bonchev–Trinajstić information content (AvgIpc) is 2.54. The van der Waals surface area contributed by atoms with E-state index in [1.807, 2.05) is 12.1 Å². The molecule has 0 bridgehead atoms. The fourth-order valence-corrected chi connectivity index (χ4v) is 2.37. The zero-order chi connectivity index (χ0) is 18.0. The van der Waals surface area contributed by atoms with Gasteiger partial charge in [0.1, 0.15) is 5.75 Å². The summed E-state index contributed by atoms with van der Waals surface area (Å²) >= 11 is 0. The van der Waals surface area contributed by atoms with Crippen molar-refractivity contribution in [3.63, 3.8) is 0 Å². The molecule has 1 rings (SSSR count). The Balaban J connectivity index is 0.00000576. The minimum Gasteiger partial charge on any atom is -0.497 e. The van der Waals surface area contributed by atoms with Crippen LogP contribution in [-0.2, 0) is 11.2 Å². The van der Waals surface area contributed by atoms with Crippen molar-refractivity contribution in [1.82, 2.24) is 10.6 Å². The van der Waals surface area contributed by atoms with Crippen LogP contribution in [-0.4, -0.2) is 45.9 Å². The minimum absolute atomic E-state index is 0. The molecule has 0 radical (unpaired) electrons. The maximum atomic E-state index is 5.57. The molecule has 5 nitrogen and oxygen atoms in total. The van der Waals surface area contributed by atoms with Crippen LogP contribution in [0.5, 0.6) is 5.75 Å². The Morgan fingerprint density at radius 3 is 2.48 bits per heavy atom. The monoisotopic (exact) mass is 463 g/mol.